The van der Waals surface area contributed by atoms with E-state index in [0.29, 0.717) is 0 Å². The van der Waals surface area contributed by atoms with Gasteiger partial charge in [0.1, 0.15) is 5.58 Å². The Morgan fingerprint density at radius 1 is 1.05 bits per heavy atom. The fourth-order valence-electron chi connectivity index (χ4n) is 2.53. The second-order valence-electron chi connectivity index (χ2n) is 5.26. The lowest BCUT2D eigenvalue weighted by molar-refractivity contribution is 0.163. The molecule has 0 aliphatic carbocycles. The van der Waals surface area contributed by atoms with Crippen molar-refractivity contribution in [1.29, 1.82) is 0 Å². The summed E-state index contributed by atoms with van der Waals surface area (Å²) in [6.07, 6.45) is 9.65. The quantitative estimate of drug-likeness (QED) is 0.660. The maximum Gasteiger partial charge on any atom is 0.134 e. The number of para-hydroxylation sites is 1. The van der Waals surface area contributed by atoms with Gasteiger partial charge in [-0.15, -0.1) is 0 Å². The van der Waals surface area contributed by atoms with Crippen LogP contribution >= 0.6 is 0 Å². The van der Waals surface area contributed by atoms with E-state index < -0.39 is 6.10 Å². The van der Waals surface area contributed by atoms with E-state index in [-0.39, 0.29) is 0 Å². The molecule has 0 bridgehead atoms. The third-order valence-corrected chi connectivity index (χ3v) is 3.70. The standard InChI is InChI=1S/C17H24O2/c1-2-3-4-5-6-7-11-16(18)15-13-19-17-12-9-8-10-14(15)17/h8-10,12-13,16,18H,2-7,11H2,1H3. The molecule has 1 heterocycles. The van der Waals surface area contributed by atoms with Crippen molar-refractivity contribution in [3.63, 3.8) is 0 Å². The second-order valence-corrected chi connectivity index (χ2v) is 5.26. The number of hydrogen-bond donors (Lipinski definition) is 1. The van der Waals surface area contributed by atoms with Gasteiger partial charge in [-0.3, -0.25) is 0 Å². The molecule has 1 aromatic heterocycles. The zero-order chi connectivity index (χ0) is 13.5. The lowest BCUT2D eigenvalue weighted by Crippen LogP contribution is -1.96. The van der Waals surface area contributed by atoms with E-state index >= 15 is 0 Å². The maximum absolute atomic E-state index is 10.3. The zero-order valence-electron chi connectivity index (χ0n) is 11.8. The highest BCUT2D eigenvalue weighted by atomic mass is 16.3. The molecule has 19 heavy (non-hydrogen) atoms. The molecular formula is C17H24O2. The van der Waals surface area contributed by atoms with Crippen molar-refractivity contribution in [3.8, 4) is 0 Å². The molecule has 1 unspecified atom stereocenters. The van der Waals surface area contributed by atoms with Gasteiger partial charge in [0.25, 0.3) is 0 Å². The minimum absolute atomic E-state index is 0.394. The predicted molar refractivity (Wildman–Crippen MR) is 79.2 cm³/mol. The summed E-state index contributed by atoms with van der Waals surface area (Å²) in [7, 11) is 0. The molecule has 1 N–H and O–H groups in total. The lowest BCUT2D eigenvalue weighted by atomic mass is 10.0. The maximum atomic E-state index is 10.3. The highest BCUT2D eigenvalue weighted by molar-refractivity contribution is 5.81. The zero-order valence-corrected chi connectivity index (χ0v) is 11.8. The molecule has 0 aliphatic rings. The van der Waals surface area contributed by atoms with Crippen molar-refractivity contribution in [1.82, 2.24) is 0 Å². The van der Waals surface area contributed by atoms with E-state index in [4.69, 9.17) is 4.42 Å². The first-order chi connectivity index (χ1) is 9.33. The lowest BCUT2D eigenvalue weighted by Gasteiger charge is -2.08. The first-order valence-corrected chi connectivity index (χ1v) is 7.47. The minimum Gasteiger partial charge on any atom is -0.464 e. The SMILES string of the molecule is CCCCCCCCC(O)c1coc2ccccc12. The molecule has 0 fully saturated rings. The average Bonchev–Trinajstić information content (AvgIpc) is 2.86. The average molecular weight is 260 g/mol. The molecule has 0 radical (unpaired) electrons. The summed E-state index contributed by atoms with van der Waals surface area (Å²) >= 11 is 0. The summed E-state index contributed by atoms with van der Waals surface area (Å²) < 4.78 is 5.47. The molecule has 0 saturated carbocycles. The molecule has 2 aromatic rings. The Morgan fingerprint density at radius 2 is 1.79 bits per heavy atom. The van der Waals surface area contributed by atoms with Gasteiger partial charge in [0.2, 0.25) is 0 Å². The number of benzene rings is 1. The van der Waals surface area contributed by atoms with Crippen LogP contribution in [0.25, 0.3) is 11.0 Å². The molecule has 1 aromatic carbocycles. The number of aliphatic hydroxyl groups is 1. The van der Waals surface area contributed by atoms with Gasteiger partial charge in [-0.05, 0) is 12.5 Å². The molecule has 0 saturated heterocycles. The normalized spacial score (nSPS) is 12.9. The van der Waals surface area contributed by atoms with Crippen LogP contribution in [-0.4, -0.2) is 5.11 Å². The van der Waals surface area contributed by atoms with E-state index in [1.54, 1.807) is 6.26 Å². The van der Waals surface area contributed by atoms with Gasteiger partial charge in [-0.25, -0.2) is 0 Å². The van der Waals surface area contributed by atoms with Gasteiger partial charge in [0, 0.05) is 10.9 Å². The second kappa shape index (κ2) is 7.34. The van der Waals surface area contributed by atoms with Crippen LogP contribution in [0.15, 0.2) is 34.9 Å². The molecule has 2 rings (SSSR count). The smallest absolute Gasteiger partial charge is 0.134 e. The van der Waals surface area contributed by atoms with E-state index in [2.05, 4.69) is 6.92 Å². The highest BCUT2D eigenvalue weighted by Gasteiger charge is 2.13. The van der Waals surface area contributed by atoms with Gasteiger partial charge in [0.15, 0.2) is 0 Å². The molecule has 0 amide bonds. The van der Waals surface area contributed by atoms with E-state index in [1.807, 2.05) is 24.3 Å². The van der Waals surface area contributed by atoms with E-state index in [0.717, 1.165) is 29.4 Å². The van der Waals surface area contributed by atoms with Gasteiger partial charge in [0.05, 0.1) is 12.4 Å². The number of unbranched alkanes of at least 4 members (excludes halogenated alkanes) is 5. The van der Waals surface area contributed by atoms with Crippen LogP contribution in [0.3, 0.4) is 0 Å². The van der Waals surface area contributed by atoms with Crippen LogP contribution in [0.2, 0.25) is 0 Å². The number of hydrogen-bond acceptors (Lipinski definition) is 2. The molecule has 1 atom stereocenters. The Bertz CT molecular complexity index is 487. The van der Waals surface area contributed by atoms with Crippen molar-refractivity contribution in [2.45, 2.75) is 58.0 Å². The number of furan rings is 1. The summed E-state index contributed by atoms with van der Waals surface area (Å²) in [6.45, 7) is 2.23. The van der Waals surface area contributed by atoms with Crippen molar-refractivity contribution in [2.75, 3.05) is 0 Å². The van der Waals surface area contributed by atoms with Crippen molar-refractivity contribution in [3.05, 3.63) is 36.1 Å². The summed E-state index contributed by atoms with van der Waals surface area (Å²) in [6, 6.07) is 7.89. The van der Waals surface area contributed by atoms with E-state index in [9.17, 15) is 5.11 Å². The van der Waals surface area contributed by atoms with Crippen LogP contribution in [0, 0.1) is 0 Å². The molecular weight excluding hydrogens is 236 g/mol. The molecule has 2 nitrogen and oxygen atoms in total. The Hall–Kier alpha value is -1.28. The third-order valence-electron chi connectivity index (χ3n) is 3.70. The van der Waals surface area contributed by atoms with Crippen molar-refractivity contribution >= 4 is 11.0 Å². The first kappa shape index (κ1) is 14.1. The van der Waals surface area contributed by atoms with Crippen molar-refractivity contribution < 1.29 is 9.52 Å². The largest absolute Gasteiger partial charge is 0.464 e. The Kier molecular flexibility index (Phi) is 5.46. The molecule has 0 aliphatic heterocycles. The molecule has 2 heteroatoms. The van der Waals surface area contributed by atoms with Crippen LogP contribution in [0.1, 0.15) is 63.5 Å². The Balaban J connectivity index is 1.81. The summed E-state index contributed by atoms with van der Waals surface area (Å²) in [5, 5.41) is 11.3. The Labute approximate surface area is 115 Å². The fourth-order valence-corrected chi connectivity index (χ4v) is 2.53. The summed E-state index contributed by atoms with van der Waals surface area (Å²) in [4.78, 5) is 0. The fraction of sp³-hybridized carbons (Fsp3) is 0.529. The van der Waals surface area contributed by atoms with Gasteiger partial charge >= 0.3 is 0 Å². The van der Waals surface area contributed by atoms with E-state index in [1.165, 1.54) is 32.1 Å². The van der Waals surface area contributed by atoms with Crippen LogP contribution in [0.5, 0.6) is 0 Å². The number of fused-ring (bicyclic) bond motifs is 1. The summed E-state index contributed by atoms with van der Waals surface area (Å²) in [5.74, 6) is 0. The van der Waals surface area contributed by atoms with Gasteiger partial charge in [-0.2, -0.15) is 0 Å². The topological polar surface area (TPSA) is 33.4 Å². The van der Waals surface area contributed by atoms with Gasteiger partial charge < -0.3 is 9.52 Å². The molecule has 0 spiro atoms. The van der Waals surface area contributed by atoms with Crippen molar-refractivity contribution in [2.24, 2.45) is 0 Å². The first-order valence-electron chi connectivity index (χ1n) is 7.47. The minimum atomic E-state index is -0.394. The number of rotatable bonds is 8. The predicted octanol–water partition coefficient (Wildman–Crippen LogP) is 5.22. The summed E-state index contributed by atoms with van der Waals surface area (Å²) in [5.41, 5.74) is 1.80. The number of aliphatic hydroxyl groups excluding tert-OH is 1. The monoisotopic (exact) mass is 260 g/mol. The third kappa shape index (κ3) is 3.84. The molecule has 104 valence electrons. The van der Waals surface area contributed by atoms with Gasteiger partial charge in [-0.1, -0.05) is 63.6 Å². The van der Waals surface area contributed by atoms with Crippen LogP contribution in [0.4, 0.5) is 0 Å². The highest BCUT2D eigenvalue weighted by Crippen LogP contribution is 2.29. The van der Waals surface area contributed by atoms with Crippen LogP contribution < -0.4 is 0 Å². The Morgan fingerprint density at radius 3 is 2.63 bits per heavy atom. The van der Waals surface area contributed by atoms with Crippen LogP contribution in [-0.2, 0) is 0 Å².